The van der Waals surface area contributed by atoms with Gasteiger partial charge in [-0.15, -0.1) is 0 Å². The third-order valence-electron chi connectivity index (χ3n) is 7.44. The van der Waals surface area contributed by atoms with Crippen molar-refractivity contribution >= 4 is 0 Å². The summed E-state index contributed by atoms with van der Waals surface area (Å²) in [5.74, 6) is -0.319. The lowest BCUT2D eigenvalue weighted by molar-refractivity contribution is -0.0697. The van der Waals surface area contributed by atoms with Gasteiger partial charge in [0.15, 0.2) is 0 Å². The number of hydrogen-bond donors (Lipinski definition) is 2. The maximum atomic E-state index is 12.6. The molecular weight excluding hydrogens is 404 g/mol. The average molecular weight is 435 g/mol. The van der Waals surface area contributed by atoms with E-state index in [2.05, 4.69) is 0 Å². The summed E-state index contributed by atoms with van der Waals surface area (Å²) in [5.41, 5.74) is 1.07. The summed E-state index contributed by atoms with van der Waals surface area (Å²) in [5, 5.41) is 25.1. The van der Waals surface area contributed by atoms with Gasteiger partial charge in [0.2, 0.25) is 0 Å². The van der Waals surface area contributed by atoms with Crippen molar-refractivity contribution in [2.75, 3.05) is 0 Å². The Balaban J connectivity index is 1.70. The Kier molecular flexibility index (Phi) is 5.88. The number of hydrogen-bond acceptors (Lipinski definition) is 2. The van der Waals surface area contributed by atoms with E-state index in [9.17, 15) is 10.2 Å². The Morgan fingerprint density at radius 3 is 0.909 bits per heavy atom. The Morgan fingerprint density at radius 2 is 0.667 bits per heavy atom. The summed E-state index contributed by atoms with van der Waals surface area (Å²) in [6.45, 7) is 0. The zero-order chi connectivity index (χ0) is 22.7. The Hall–Kier alpha value is -3.20. The first-order valence-corrected chi connectivity index (χ1v) is 11.8. The third kappa shape index (κ3) is 3.70. The molecule has 4 aromatic rings. The van der Waals surface area contributed by atoms with Gasteiger partial charge in [-0.05, 0) is 35.1 Å². The fourth-order valence-electron chi connectivity index (χ4n) is 5.92. The highest BCUT2D eigenvalue weighted by atomic mass is 16.3. The van der Waals surface area contributed by atoms with Crippen molar-refractivity contribution in [3.8, 4) is 0 Å². The largest absolute Gasteiger partial charge is 0.380 e. The van der Waals surface area contributed by atoms with Gasteiger partial charge in [0.1, 0.15) is 11.2 Å². The number of rotatable bonds is 6. The highest BCUT2D eigenvalue weighted by molar-refractivity contribution is 5.42. The first-order valence-electron chi connectivity index (χ1n) is 11.8. The summed E-state index contributed by atoms with van der Waals surface area (Å²) in [6.07, 6.45) is 2.64. The van der Waals surface area contributed by atoms with E-state index in [1.165, 1.54) is 0 Å². The molecule has 4 aromatic carbocycles. The van der Waals surface area contributed by atoms with E-state index in [1.54, 1.807) is 0 Å². The minimum absolute atomic E-state index is 0.160. The molecule has 0 aliphatic heterocycles. The van der Waals surface area contributed by atoms with Crippen LogP contribution in [0.1, 0.15) is 41.5 Å². The maximum Gasteiger partial charge on any atom is 0.118 e. The van der Waals surface area contributed by atoms with Gasteiger partial charge in [-0.3, -0.25) is 0 Å². The van der Waals surface area contributed by atoms with Crippen LogP contribution in [0.4, 0.5) is 0 Å². The fourth-order valence-corrected chi connectivity index (χ4v) is 5.92. The molecule has 0 saturated heterocycles. The van der Waals surface area contributed by atoms with Crippen LogP contribution in [-0.4, -0.2) is 10.2 Å². The van der Waals surface area contributed by atoms with E-state index in [0.29, 0.717) is 0 Å². The SMILES string of the molecule is OC(c1ccccc1)(c1ccccc1)[C@H]1CCC[C@@H]1C(O)(c1ccccc1)c1ccccc1. The van der Waals surface area contributed by atoms with E-state index >= 15 is 0 Å². The highest BCUT2D eigenvalue weighted by Crippen LogP contribution is 2.55. The second-order valence-corrected chi connectivity index (χ2v) is 9.14. The predicted molar refractivity (Wildman–Crippen MR) is 133 cm³/mol. The average Bonchev–Trinajstić information content (AvgIpc) is 3.41. The fraction of sp³-hybridized carbons (Fsp3) is 0.226. The molecular formula is C31H30O2. The zero-order valence-electron chi connectivity index (χ0n) is 18.7. The lowest BCUT2D eigenvalue weighted by atomic mass is 9.64. The van der Waals surface area contributed by atoms with E-state index < -0.39 is 11.2 Å². The Morgan fingerprint density at radius 1 is 0.424 bits per heavy atom. The molecule has 1 aliphatic rings. The minimum Gasteiger partial charge on any atom is -0.380 e. The van der Waals surface area contributed by atoms with Crippen LogP contribution in [0.3, 0.4) is 0 Å². The van der Waals surface area contributed by atoms with E-state index in [-0.39, 0.29) is 11.8 Å². The Labute approximate surface area is 196 Å². The molecule has 0 aromatic heterocycles. The van der Waals surface area contributed by atoms with E-state index in [4.69, 9.17) is 0 Å². The molecule has 0 bridgehead atoms. The molecule has 0 unspecified atom stereocenters. The lowest BCUT2D eigenvalue weighted by Crippen LogP contribution is -2.47. The molecule has 0 spiro atoms. The van der Waals surface area contributed by atoms with Crippen LogP contribution >= 0.6 is 0 Å². The number of benzene rings is 4. The van der Waals surface area contributed by atoms with Gasteiger partial charge in [-0.1, -0.05) is 128 Å². The van der Waals surface area contributed by atoms with Gasteiger partial charge in [0.25, 0.3) is 0 Å². The van der Waals surface area contributed by atoms with Crippen molar-refractivity contribution in [3.63, 3.8) is 0 Å². The molecule has 0 radical (unpaired) electrons. The van der Waals surface area contributed by atoms with Crippen molar-refractivity contribution in [1.29, 1.82) is 0 Å². The van der Waals surface area contributed by atoms with Crippen LogP contribution in [0.15, 0.2) is 121 Å². The summed E-state index contributed by atoms with van der Waals surface area (Å²) < 4.78 is 0. The van der Waals surface area contributed by atoms with Crippen LogP contribution in [0, 0.1) is 11.8 Å². The van der Waals surface area contributed by atoms with Crippen molar-refractivity contribution in [3.05, 3.63) is 144 Å². The molecule has 0 heterocycles. The standard InChI is InChI=1S/C31H30O2/c32-30(24-14-5-1-6-15-24,25-16-7-2-8-17-25)28-22-13-23-29(28)31(33,26-18-9-3-10-19-26)27-20-11-4-12-21-27/h1-12,14-21,28-29,32-33H,13,22-23H2/t28-,29-/m0/s1. The second kappa shape index (κ2) is 8.97. The molecule has 1 aliphatic carbocycles. The summed E-state index contributed by atoms with van der Waals surface area (Å²) in [4.78, 5) is 0. The molecule has 33 heavy (non-hydrogen) atoms. The van der Waals surface area contributed by atoms with Crippen LogP contribution in [0.5, 0.6) is 0 Å². The lowest BCUT2D eigenvalue weighted by Gasteiger charge is -2.45. The van der Waals surface area contributed by atoms with Crippen LogP contribution in [0.25, 0.3) is 0 Å². The van der Waals surface area contributed by atoms with Crippen molar-refractivity contribution < 1.29 is 10.2 Å². The molecule has 2 atom stereocenters. The molecule has 5 rings (SSSR count). The topological polar surface area (TPSA) is 40.5 Å². The molecule has 166 valence electrons. The van der Waals surface area contributed by atoms with Crippen LogP contribution < -0.4 is 0 Å². The zero-order valence-corrected chi connectivity index (χ0v) is 18.7. The minimum atomic E-state index is -1.21. The monoisotopic (exact) mass is 434 g/mol. The molecule has 1 fully saturated rings. The second-order valence-electron chi connectivity index (χ2n) is 9.14. The summed E-state index contributed by atoms with van der Waals surface area (Å²) in [7, 11) is 0. The van der Waals surface area contributed by atoms with Gasteiger partial charge in [-0.25, -0.2) is 0 Å². The van der Waals surface area contributed by atoms with Gasteiger partial charge in [0.05, 0.1) is 0 Å². The Bertz CT molecular complexity index is 983. The highest BCUT2D eigenvalue weighted by Gasteiger charge is 2.54. The van der Waals surface area contributed by atoms with Crippen LogP contribution in [0.2, 0.25) is 0 Å². The first kappa shape index (κ1) is 21.6. The van der Waals surface area contributed by atoms with E-state index in [1.807, 2.05) is 121 Å². The van der Waals surface area contributed by atoms with Gasteiger partial charge < -0.3 is 10.2 Å². The van der Waals surface area contributed by atoms with Crippen molar-refractivity contribution in [1.82, 2.24) is 0 Å². The van der Waals surface area contributed by atoms with Crippen molar-refractivity contribution in [2.45, 2.75) is 30.5 Å². The summed E-state index contributed by atoms with van der Waals surface area (Å²) >= 11 is 0. The quantitative estimate of drug-likeness (QED) is 0.375. The van der Waals surface area contributed by atoms with E-state index in [0.717, 1.165) is 41.5 Å². The van der Waals surface area contributed by atoms with Gasteiger partial charge in [0, 0.05) is 11.8 Å². The third-order valence-corrected chi connectivity index (χ3v) is 7.44. The molecule has 2 nitrogen and oxygen atoms in total. The van der Waals surface area contributed by atoms with Crippen LogP contribution in [-0.2, 0) is 11.2 Å². The molecule has 2 heteroatoms. The maximum absolute atomic E-state index is 12.6. The molecule has 1 saturated carbocycles. The predicted octanol–water partition coefficient (Wildman–Crippen LogP) is 6.27. The van der Waals surface area contributed by atoms with Crippen molar-refractivity contribution in [2.24, 2.45) is 11.8 Å². The summed E-state index contributed by atoms with van der Waals surface area (Å²) in [6, 6.07) is 39.8. The normalized spacial score (nSPS) is 18.8. The van der Waals surface area contributed by atoms with Gasteiger partial charge in [-0.2, -0.15) is 0 Å². The van der Waals surface area contributed by atoms with Gasteiger partial charge >= 0.3 is 0 Å². The smallest absolute Gasteiger partial charge is 0.118 e. The molecule has 2 N–H and O–H groups in total. The first-order chi connectivity index (χ1) is 16.1. The number of aliphatic hydroxyl groups is 2. The molecule has 0 amide bonds.